The number of hydrogen-bond donors (Lipinski definition) is 2. The molecular formula is C21H15N3O3. The highest BCUT2D eigenvalue weighted by Gasteiger charge is 2.07. The number of hydrogen-bond acceptors (Lipinski definition) is 4. The second-order valence-corrected chi connectivity index (χ2v) is 5.84. The zero-order valence-electron chi connectivity index (χ0n) is 14.2. The van der Waals surface area contributed by atoms with Crippen molar-refractivity contribution in [1.29, 1.82) is 0 Å². The Labute approximate surface area is 154 Å². The van der Waals surface area contributed by atoms with E-state index in [1.165, 1.54) is 6.07 Å². The third-order valence-corrected chi connectivity index (χ3v) is 3.97. The minimum atomic E-state index is -0.217. The Bertz CT molecular complexity index is 1150. The summed E-state index contributed by atoms with van der Waals surface area (Å²) in [5.41, 5.74) is 1.51. The topological polar surface area (TPSA) is 84.1 Å². The fraction of sp³-hybridized carbons (Fsp3) is 0. The summed E-state index contributed by atoms with van der Waals surface area (Å²) in [6.07, 6.45) is 1.57. The van der Waals surface area contributed by atoms with Gasteiger partial charge in [-0.3, -0.25) is 9.59 Å². The molecule has 0 radical (unpaired) electrons. The number of rotatable bonds is 4. The van der Waals surface area contributed by atoms with Gasteiger partial charge in [0.1, 0.15) is 17.1 Å². The predicted molar refractivity (Wildman–Crippen MR) is 103 cm³/mol. The van der Waals surface area contributed by atoms with Gasteiger partial charge in [-0.1, -0.05) is 18.2 Å². The first kappa shape index (κ1) is 16.5. The van der Waals surface area contributed by atoms with Gasteiger partial charge in [-0.2, -0.15) is 0 Å². The highest BCUT2D eigenvalue weighted by atomic mass is 16.5. The average molecular weight is 357 g/mol. The van der Waals surface area contributed by atoms with Gasteiger partial charge in [0.25, 0.3) is 5.91 Å². The number of nitrogens with one attached hydrogen (secondary N) is 2. The van der Waals surface area contributed by atoms with Crippen LogP contribution in [0.25, 0.3) is 11.0 Å². The molecule has 4 aromatic rings. The summed E-state index contributed by atoms with van der Waals surface area (Å²) in [4.78, 5) is 30.4. The molecule has 27 heavy (non-hydrogen) atoms. The van der Waals surface area contributed by atoms with Crippen LogP contribution < -0.4 is 15.6 Å². The van der Waals surface area contributed by atoms with E-state index in [1.807, 2.05) is 18.2 Å². The number of pyridine rings is 2. The molecule has 132 valence electrons. The lowest BCUT2D eigenvalue weighted by molar-refractivity contribution is 0.102. The molecule has 4 rings (SSSR count). The van der Waals surface area contributed by atoms with E-state index >= 15 is 0 Å². The molecular weight excluding hydrogens is 342 g/mol. The van der Waals surface area contributed by atoms with Crippen LogP contribution in [0.15, 0.2) is 83.8 Å². The van der Waals surface area contributed by atoms with Crippen LogP contribution in [0.1, 0.15) is 10.4 Å². The number of nitrogens with zero attached hydrogens (tertiary/aromatic N) is 1. The minimum Gasteiger partial charge on any atom is -0.457 e. The van der Waals surface area contributed by atoms with Crippen molar-refractivity contribution >= 4 is 22.6 Å². The van der Waals surface area contributed by atoms with Crippen molar-refractivity contribution in [1.82, 2.24) is 9.97 Å². The minimum absolute atomic E-state index is 0.173. The third-order valence-electron chi connectivity index (χ3n) is 3.97. The van der Waals surface area contributed by atoms with Gasteiger partial charge in [0.05, 0.1) is 5.39 Å². The Morgan fingerprint density at radius 1 is 0.926 bits per heavy atom. The van der Waals surface area contributed by atoms with Crippen LogP contribution in [-0.2, 0) is 0 Å². The molecule has 0 bridgehead atoms. The van der Waals surface area contributed by atoms with Crippen molar-refractivity contribution in [3.63, 3.8) is 0 Å². The molecule has 2 heterocycles. The average Bonchev–Trinajstić information content (AvgIpc) is 2.70. The molecule has 0 fully saturated rings. The number of benzene rings is 2. The number of ether oxygens (including phenoxy) is 1. The van der Waals surface area contributed by atoms with Crippen LogP contribution in [0.4, 0.5) is 5.69 Å². The first-order chi connectivity index (χ1) is 13.2. The van der Waals surface area contributed by atoms with Gasteiger partial charge < -0.3 is 15.0 Å². The molecule has 0 saturated carbocycles. The van der Waals surface area contributed by atoms with Crippen molar-refractivity contribution in [2.75, 3.05) is 5.32 Å². The second-order valence-electron chi connectivity index (χ2n) is 5.84. The number of aromatic nitrogens is 2. The Morgan fingerprint density at radius 2 is 1.70 bits per heavy atom. The number of fused-ring (bicyclic) bond motifs is 1. The Morgan fingerprint density at radius 3 is 2.48 bits per heavy atom. The van der Waals surface area contributed by atoms with Crippen LogP contribution in [-0.4, -0.2) is 15.9 Å². The van der Waals surface area contributed by atoms with Gasteiger partial charge in [0.2, 0.25) is 5.56 Å². The highest BCUT2D eigenvalue weighted by Crippen LogP contribution is 2.28. The molecule has 0 aliphatic heterocycles. The second kappa shape index (κ2) is 7.13. The lowest BCUT2D eigenvalue weighted by Gasteiger charge is -2.10. The van der Waals surface area contributed by atoms with Gasteiger partial charge in [-0.05, 0) is 48.5 Å². The largest absolute Gasteiger partial charge is 0.457 e. The highest BCUT2D eigenvalue weighted by molar-refractivity contribution is 6.04. The number of H-pyrrole nitrogens is 1. The van der Waals surface area contributed by atoms with E-state index in [2.05, 4.69) is 15.3 Å². The molecule has 0 aliphatic carbocycles. The number of amides is 1. The number of anilines is 1. The molecule has 0 aliphatic rings. The number of carbonyl (C=O) groups excluding carboxylic acids is 1. The standard InChI is InChI=1S/C21H15N3O3/c25-19-11-10-17-18(12-13-22-20(17)24-19)27-16-8-6-15(7-9-16)23-21(26)14-4-2-1-3-5-14/h1-13H,(H,23,26)(H,22,24,25). The monoisotopic (exact) mass is 357 g/mol. The van der Waals surface area contributed by atoms with E-state index in [0.717, 1.165) is 0 Å². The molecule has 0 spiro atoms. The summed E-state index contributed by atoms with van der Waals surface area (Å²) in [6.45, 7) is 0. The number of carbonyl (C=O) groups is 1. The quantitative estimate of drug-likeness (QED) is 0.579. The van der Waals surface area contributed by atoms with Crippen LogP contribution in [0.2, 0.25) is 0 Å². The maximum atomic E-state index is 12.2. The maximum Gasteiger partial charge on any atom is 0.255 e. The normalized spacial score (nSPS) is 10.5. The van der Waals surface area contributed by atoms with Crippen molar-refractivity contribution in [3.05, 3.63) is 94.9 Å². The summed E-state index contributed by atoms with van der Waals surface area (Å²) in [5.74, 6) is 1.01. The van der Waals surface area contributed by atoms with Crippen LogP contribution in [0.3, 0.4) is 0 Å². The first-order valence-corrected chi connectivity index (χ1v) is 8.31. The van der Waals surface area contributed by atoms with E-state index in [-0.39, 0.29) is 11.5 Å². The molecule has 2 aromatic carbocycles. The first-order valence-electron chi connectivity index (χ1n) is 8.31. The van der Waals surface area contributed by atoms with Gasteiger partial charge >= 0.3 is 0 Å². The van der Waals surface area contributed by atoms with Gasteiger partial charge in [-0.15, -0.1) is 0 Å². The summed E-state index contributed by atoms with van der Waals surface area (Å²) in [6, 6.07) is 20.9. The van der Waals surface area contributed by atoms with Crippen LogP contribution in [0.5, 0.6) is 11.5 Å². The van der Waals surface area contributed by atoms with E-state index in [4.69, 9.17) is 4.74 Å². The van der Waals surface area contributed by atoms with E-state index in [9.17, 15) is 9.59 Å². The molecule has 6 nitrogen and oxygen atoms in total. The lowest BCUT2D eigenvalue weighted by atomic mass is 10.2. The summed E-state index contributed by atoms with van der Waals surface area (Å²) in [5, 5.41) is 3.55. The summed E-state index contributed by atoms with van der Waals surface area (Å²) >= 11 is 0. The van der Waals surface area contributed by atoms with Crippen molar-refractivity contribution in [2.24, 2.45) is 0 Å². The predicted octanol–water partition coefficient (Wildman–Crippen LogP) is 3.97. The van der Waals surface area contributed by atoms with Crippen molar-refractivity contribution in [2.45, 2.75) is 0 Å². The number of aromatic amines is 1. The molecule has 0 unspecified atom stereocenters. The van der Waals surface area contributed by atoms with E-state index in [0.29, 0.717) is 33.8 Å². The smallest absolute Gasteiger partial charge is 0.255 e. The SMILES string of the molecule is O=C(Nc1ccc(Oc2ccnc3[nH]c(=O)ccc23)cc1)c1ccccc1. The Kier molecular flexibility index (Phi) is 4.37. The molecule has 2 N–H and O–H groups in total. The van der Waals surface area contributed by atoms with Crippen LogP contribution in [0, 0.1) is 0 Å². The summed E-state index contributed by atoms with van der Waals surface area (Å²) < 4.78 is 5.90. The molecule has 0 atom stereocenters. The Hall–Kier alpha value is -3.93. The molecule has 6 heteroatoms. The van der Waals surface area contributed by atoms with Gasteiger partial charge in [0.15, 0.2) is 0 Å². The fourth-order valence-electron chi connectivity index (χ4n) is 2.65. The maximum absolute atomic E-state index is 12.2. The van der Waals surface area contributed by atoms with Crippen molar-refractivity contribution < 1.29 is 9.53 Å². The molecule has 1 amide bonds. The van der Waals surface area contributed by atoms with Gasteiger partial charge in [0, 0.05) is 23.5 Å². The van der Waals surface area contributed by atoms with Crippen molar-refractivity contribution in [3.8, 4) is 11.5 Å². The fourth-order valence-corrected chi connectivity index (χ4v) is 2.65. The van der Waals surface area contributed by atoms with Crippen LogP contribution >= 0.6 is 0 Å². The summed E-state index contributed by atoms with van der Waals surface area (Å²) in [7, 11) is 0. The molecule has 2 aromatic heterocycles. The van der Waals surface area contributed by atoms with E-state index < -0.39 is 0 Å². The zero-order valence-corrected chi connectivity index (χ0v) is 14.2. The van der Waals surface area contributed by atoms with Gasteiger partial charge in [-0.25, -0.2) is 4.98 Å². The molecule has 0 saturated heterocycles. The lowest BCUT2D eigenvalue weighted by Crippen LogP contribution is -2.11. The van der Waals surface area contributed by atoms with E-state index in [1.54, 1.807) is 54.7 Å². The Balaban J connectivity index is 1.52. The third kappa shape index (κ3) is 3.69. The zero-order chi connectivity index (χ0) is 18.6.